The van der Waals surface area contributed by atoms with Crippen molar-refractivity contribution in [1.82, 2.24) is 28.5 Å². The highest BCUT2D eigenvalue weighted by atomic mass is 32.2. The van der Waals surface area contributed by atoms with Crippen molar-refractivity contribution in [2.75, 3.05) is 12.8 Å². The molecule has 234 valence electrons. The molecule has 1 atom stereocenters. The van der Waals surface area contributed by atoms with Crippen LogP contribution in [0.5, 0.6) is 0 Å². The second kappa shape index (κ2) is 11.4. The number of halogens is 1. The SMILES string of the molecule is Cc1cc(-n2nc3c(c2-n2ccn(-c4ccc(CNS(C)(=O)=O)cc4)c2=O)[C@H](C)N(C(=O)OC(C)(C)C)CC3)cc(C)c1F. The van der Waals surface area contributed by atoms with Gasteiger partial charge in [0.2, 0.25) is 10.0 Å². The van der Waals surface area contributed by atoms with Crippen LogP contribution in [0.2, 0.25) is 0 Å². The third kappa shape index (κ3) is 6.20. The van der Waals surface area contributed by atoms with Crippen LogP contribution in [0.3, 0.4) is 0 Å². The molecule has 0 aliphatic carbocycles. The molecule has 0 saturated heterocycles. The molecule has 5 rings (SSSR count). The first-order chi connectivity index (χ1) is 20.5. The molecular formula is C31H37FN6O5S. The number of hydrogen-bond acceptors (Lipinski definition) is 6. The molecule has 1 aliphatic heterocycles. The summed E-state index contributed by atoms with van der Waals surface area (Å²) in [4.78, 5) is 28.8. The summed E-state index contributed by atoms with van der Waals surface area (Å²) in [6.07, 6.45) is 4.35. The molecule has 1 amide bonds. The first kappa shape index (κ1) is 31.2. The number of fused-ring (bicyclic) bond motifs is 1. The molecule has 0 bridgehead atoms. The Balaban J connectivity index is 1.62. The zero-order valence-corrected chi connectivity index (χ0v) is 26.7. The number of aryl methyl sites for hydroxylation is 2. The van der Waals surface area contributed by atoms with Crippen LogP contribution in [0.15, 0.2) is 53.6 Å². The minimum atomic E-state index is -3.35. The van der Waals surface area contributed by atoms with E-state index in [0.717, 1.165) is 17.5 Å². The fourth-order valence-electron chi connectivity index (χ4n) is 5.40. The summed E-state index contributed by atoms with van der Waals surface area (Å²) in [5.74, 6) is 0.138. The molecule has 44 heavy (non-hydrogen) atoms. The lowest BCUT2D eigenvalue weighted by molar-refractivity contribution is 0.0159. The topological polar surface area (TPSA) is 120 Å². The van der Waals surface area contributed by atoms with Crippen LogP contribution < -0.4 is 10.4 Å². The number of nitrogens with one attached hydrogen (secondary N) is 1. The van der Waals surface area contributed by atoms with Crippen molar-refractivity contribution in [1.29, 1.82) is 0 Å². The number of benzene rings is 2. The average molecular weight is 625 g/mol. The molecule has 0 fully saturated rings. The molecule has 4 aromatic rings. The highest BCUT2D eigenvalue weighted by Gasteiger charge is 2.37. The highest BCUT2D eigenvalue weighted by Crippen LogP contribution is 2.36. The number of rotatable bonds is 6. The first-order valence-electron chi connectivity index (χ1n) is 14.3. The molecule has 1 N–H and O–H groups in total. The van der Waals surface area contributed by atoms with Gasteiger partial charge in [-0.3, -0.25) is 9.13 Å². The van der Waals surface area contributed by atoms with Crippen LogP contribution >= 0.6 is 0 Å². The maximum absolute atomic E-state index is 14.6. The Labute approximate surface area is 255 Å². The Morgan fingerprint density at radius 2 is 1.68 bits per heavy atom. The van der Waals surface area contributed by atoms with Gasteiger partial charge in [-0.2, -0.15) is 5.10 Å². The van der Waals surface area contributed by atoms with Gasteiger partial charge in [-0.1, -0.05) is 12.1 Å². The molecule has 11 nitrogen and oxygen atoms in total. The number of amides is 1. The second-order valence-electron chi connectivity index (χ2n) is 12.2. The van der Waals surface area contributed by atoms with E-state index in [1.165, 1.54) is 9.13 Å². The van der Waals surface area contributed by atoms with Crippen LogP contribution in [0, 0.1) is 19.7 Å². The fourth-order valence-corrected chi connectivity index (χ4v) is 5.83. The Bertz CT molecular complexity index is 1880. The second-order valence-corrected chi connectivity index (χ2v) is 14.0. The van der Waals surface area contributed by atoms with E-state index >= 15 is 0 Å². The first-order valence-corrected chi connectivity index (χ1v) is 16.2. The van der Waals surface area contributed by atoms with Gasteiger partial charge >= 0.3 is 11.8 Å². The van der Waals surface area contributed by atoms with Crippen molar-refractivity contribution in [2.45, 2.75) is 66.2 Å². The number of imidazole rings is 1. The molecule has 1 aliphatic rings. The summed E-state index contributed by atoms with van der Waals surface area (Å²) in [7, 11) is -3.35. The van der Waals surface area contributed by atoms with Gasteiger partial charge in [-0.05, 0) is 82.5 Å². The smallest absolute Gasteiger partial charge is 0.410 e. The minimum Gasteiger partial charge on any atom is -0.444 e. The minimum absolute atomic E-state index is 0.128. The normalized spacial score (nSPS) is 15.4. The molecule has 2 aromatic carbocycles. The van der Waals surface area contributed by atoms with E-state index in [1.807, 2.05) is 27.7 Å². The van der Waals surface area contributed by atoms with Gasteiger partial charge in [0.15, 0.2) is 0 Å². The van der Waals surface area contributed by atoms with E-state index in [0.29, 0.717) is 46.8 Å². The molecular weight excluding hydrogens is 587 g/mol. The summed E-state index contributed by atoms with van der Waals surface area (Å²) < 4.78 is 50.3. The summed E-state index contributed by atoms with van der Waals surface area (Å²) >= 11 is 0. The predicted molar refractivity (Wildman–Crippen MR) is 165 cm³/mol. The molecule has 13 heteroatoms. The van der Waals surface area contributed by atoms with Crippen molar-refractivity contribution in [3.63, 3.8) is 0 Å². The van der Waals surface area contributed by atoms with E-state index in [2.05, 4.69) is 4.72 Å². The number of carbonyl (C=O) groups excluding carboxylic acids is 1. The Morgan fingerprint density at radius 1 is 1.07 bits per heavy atom. The average Bonchev–Trinajstić information content (AvgIpc) is 3.50. The largest absolute Gasteiger partial charge is 0.444 e. The van der Waals surface area contributed by atoms with Gasteiger partial charge < -0.3 is 9.64 Å². The Hall–Kier alpha value is -4.23. The van der Waals surface area contributed by atoms with Crippen LogP contribution in [0.1, 0.15) is 61.7 Å². The van der Waals surface area contributed by atoms with E-state index in [4.69, 9.17) is 9.84 Å². The van der Waals surface area contributed by atoms with Gasteiger partial charge in [0.05, 0.1) is 29.4 Å². The summed E-state index contributed by atoms with van der Waals surface area (Å²) in [5, 5.41) is 4.89. The van der Waals surface area contributed by atoms with Gasteiger partial charge in [0.25, 0.3) is 0 Å². The summed E-state index contributed by atoms with van der Waals surface area (Å²) in [5.41, 5.74) is 3.15. The molecule has 0 unspecified atom stereocenters. The monoisotopic (exact) mass is 624 g/mol. The van der Waals surface area contributed by atoms with Crippen LogP contribution in [0.4, 0.5) is 9.18 Å². The molecule has 0 radical (unpaired) electrons. The lowest BCUT2D eigenvalue weighted by Gasteiger charge is -2.34. The molecule has 0 spiro atoms. The number of carbonyl (C=O) groups is 1. The van der Waals surface area contributed by atoms with E-state index in [9.17, 15) is 22.4 Å². The molecule has 2 aromatic heterocycles. The fraction of sp³-hybridized carbons (Fsp3) is 0.387. The quantitative estimate of drug-likeness (QED) is 0.338. The third-order valence-electron chi connectivity index (χ3n) is 7.50. The standard InChI is InChI=1S/C31H37FN6O5S/c1-19-16-24(17-20(2)27(19)32)38-28(26-21(3)35(13-12-25(26)34-38)30(40)43-31(4,5)6)37-15-14-36(29(37)39)23-10-8-22(9-11-23)18-33-44(7,41)42/h8-11,14-17,21,33H,12-13,18H2,1-7H3/t21-/m0/s1. The predicted octanol–water partition coefficient (Wildman–Crippen LogP) is 4.47. The van der Waals surface area contributed by atoms with Gasteiger partial charge in [-0.25, -0.2) is 31.8 Å². The zero-order valence-electron chi connectivity index (χ0n) is 25.9. The Morgan fingerprint density at radius 3 is 2.27 bits per heavy atom. The summed E-state index contributed by atoms with van der Waals surface area (Å²) in [6.45, 7) is 11.2. The van der Waals surface area contributed by atoms with Crippen molar-refractivity contribution < 1.29 is 22.3 Å². The maximum atomic E-state index is 14.6. The zero-order chi connectivity index (χ0) is 32.1. The highest BCUT2D eigenvalue weighted by molar-refractivity contribution is 7.88. The van der Waals surface area contributed by atoms with Crippen molar-refractivity contribution in [3.8, 4) is 17.2 Å². The maximum Gasteiger partial charge on any atom is 0.410 e. The lowest BCUT2D eigenvalue weighted by Crippen LogP contribution is -2.42. The molecule has 3 heterocycles. The van der Waals surface area contributed by atoms with Gasteiger partial charge in [-0.15, -0.1) is 0 Å². The van der Waals surface area contributed by atoms with Crippen molar-refractivity contribution in [3.05, 3.63) is 93.0 Å². The molecule has 0 saturated carbocycles. The Kier molecular flexibility index (Phi) is 8.06. The van der Waals surface area contributed by atoms with Crippen molar-refractivity contribution in [2.24, 2.45) is 0 Å². The van der Waals surface area contributed by atoms with Crippen LogP contribution in [-0.2, 0) is 27.7 Å². The summed E-state index contributed by atoms with van der Waals surface area (Å²) in [6, 6.07) is 9.85. The van der Waals surface area contributed by atoms with Crippen LogP contribution in [-0.4, -0.2) is 56.7 Å². The number of sulfonamides is 1. The lowest BCUT2D eigenvalue weighted by atomic mass is 10.00. The number of ether oxygens (including phenoxy) is 1. The number of nitrogens with zero attached hydrogens (tertiary/aromatic N) is 5. The van der Waals surface area contributed by atoms with E-state index in [1.54, 1.807) is 72.2 Å². The third-order valence-corrected chi connectivity index (χ3v) is 8.17. The number of aromatic nitrogens is 4. The van der Waals surface area contributed by atoms with Gasteiger partial charge in [0, 0.05) is 37.5 Å². The number of hydrogen-bond donors (Lipinski definition) is 1. The van der Waals surface area contributed by atoms with E-state index < -0.39 is 27.8 Å². The van der Waals surface area contributed by atoms with Crippen molar-refractivity contribution >= 4 is 16.1 Å². The van der Waals surface area contributed by atoms with Crippen LogP contribution in [0.25, 0.3) is 17.2 Å². The van der Waals surface area contributed by atoms with Gasteiger partial charge in [0.1, 0.15) is 17.2 Å². The van der Waals surface area contributed by atoms with E-state index in [-0.39, 0.29) is 18.1 Å².